The molecule has 2 aromatic rings. The number of nitrogens with one attached hydrogen (secondary N) is 1. The first-order chi connectivity index (χ1) is 9.70. The van der Waals surface area contributed by atoms with E-state index in [0.29, 0.717) is 11.3 Å². The van der Waals surface area contributed by atoms with Gasteiger partial charge in [0.05, 0.1) is 15.1 Å². The first kappa shape index (κ1) is 15.8. The number of anilines is 1. The Bertz CT molecular complexity index is 792. The molecule has 1 aromatic carbocycles. The Morgan fingerprint density at radius 2 is 1.81 bits per heavy atom. The van der Waals surface area contributed by atoms with E-state index in [-0.39, 0.29) is 10.8 Å². The van der Waals surface area contributed by atoms with E-state index in [9.17, 15) is 13.2 Å². The molecule has 0 aliphatic rings. The van der Waals surface area contributed by atoms with Gasteiger partial charge in [0, 0.05) is 25.2 Å². The van der Waals surface area contributed by atoms with Gasteiger partial charge in [-0.05, 0) is 52.7 Å². The normalized spacial score (nSPS) is 11.4. The first-order valence-electron chi connectivity index (χ1n) is 6.13. The molecule has 1 heterocycles. The summed E-state index contributed by atoms with van der Waals surface area (Å²) in [6, 6.07) is 6.08. The summed E-state index contributed by atoms with van der Waals surface area (Å²) in [4.78, 5) is 12.4. The van der Waals surface area contributed by atoms with E-state index in [1.165, 1.54) is 12.1 Å². The predicted octanol–water partition coefficient (Wildman–Crippen LogP) is 2.75. The zero-order chi connectivity index (χ0) is 15.8. The third kappa shape index (κ3) is 3.36. The molecule has 0 aliphatic carbocycles. The molecule has 0 saturated carbocycles. The Kier molecular flexibility index (Phi) is 4.25. The maximum atomic E-state index is 12.2. The number of rotatable bonds is 3. The molecule has 5 nitrogen and oxygen atoms in total. The summed E-state index contributed by atoms with van der Waals surface area (Å²) in [5.41, 5.74) is 1.96. The molecular weight excluding hydrogens is 356 g/mol. The Balaban J connectivity index is 2.22. The van der Waals surface area contributed by atoms with Crippen LogP contribution in [0.15, 0.2) is 40.0 Å². The van der Waals surface area contributed by atoms with E-state index in [0.717, 1.165) is 16.4 Å². The summed E-state index contributed by atoms with van der Waals surface area (Å²) in [6.07, 6.45) is 2.88. The fraction of sp³-hybridized carbons (Fsp3) is 0.214. The van der Waals surface area contributed by atoms with Gasteiger partial charge in [0.2, 0.25) is 0 Å². The third-order valence-electron chi connectivity index (χ3n) is 3.13. The lowest BCUT2D eigenvalue weighted by molar-refractivity contribution is 0.102. The highest BCUT2D eigenvalue weighted by atomic mass is 79.9. The molecule has 0 saturated heterocycles. The minimum Gasteiger partial charge on any atom is -0.344 e. The van der Waals surface area contributed by atoms with Crippen molar-refractivity contribution >= 4 is 37.4 Å². The maximum Gasteiger partial charge on any atom is 0.257 e. The summed E-state index contributed by atoms with van der Waals surface area (Å²) >= 11 is 3.40. The van der Waals surface area contributed by atoms with Gasteiger partial charge < -0.3 is 9.88 Å². The van der Waals surface area contributed by atoms with Gasteiger partial charge in [-0.1, -0.05) is 0 Å². The highest BCUT2D eigenvalue weighted by molar-refractivity contribution is 9.10. The van der Waals surface area contributed by atoms with Crippen LogP contribution in [-0.2, 0) is 16.9 Å². The minimum absolute atomic E-state index is 0.221. The number of aryl methyl sites for hydroxylation is 1. The average molecular weight is 371 g/mol. The summed E-state index contributed by atoms with van der Waals surface area (Å²) in [5.74, 6) is -0.235. The van der Waals surface area contributed by atoms with Crippen molar-refractivity contribution in [2.45, 2.75) is 11.8 Å². The van der Waals surface area contributed by atoms with Crippen molar-refractivity contribution < 1.29 is 13.2 Å². The fourth-order valence-corrected chi connectivity index (χ4v) is 2.88. The molecule has 0 atom stereocenters. The first-order valence-corrected chi connectivity index (χ1v) is 8.81. The Hall–Kier alpha value is -1.60. The Morgan fingerprint density at radius 3 is 2.24 bits per heavy atom. The van der Waals surface area contributed by atoms with Crippen molar-refractivity contribution in [1.82, 2.24) is 4.57 Å². The molecule has 0 bridgehead atoms. The lowest BCUT2D eigenvalue weighted by Crippen LogP contribution is -2.12. The van der Waals surface area contributed by atoms with E-state index in [1.54, 1.807) is 18.3 Å². The number of hydrogen-bond acceptors (Lipinski definition) is 3. The number of carbonyl (C=O) groups is 1. The van der Waals surface area contributed by atoms with Crippen LogP contribution in [0, 0.1) is 6.92 Å². The standard InChI is InChI=1S/C14H15BrN2O3S/c1-9-12(8-17(2)13(9)15)14(18)16-10-4-6-11(7-5-10)21(3,19)20/h4-8H,1-3H3,(H,16,18). The lowest BCUT2D eigenvalue weighted by atomic mass is 10.2. The van der Waals surface area contributed by atoms with Crippen molar-refractivity contribution in [3.05, 3.63) is 46.2 Å². The van der Waals surface area contributed by atoms with Crippen LogP contribution >= 0.6 is 15.9 Å². The minimum atomic E-state index is -3.23. The molecule has 2 rings (SSSR count). The second-order valence-electron chi connectivity index (χ2n) is 4.82. The van der Waals surface area contributed by atoms with Crippen LogP contribution in [0.5, 0.6) is 0 Å². The number of hydrogen-bond donors (Lipinski definition) is 1. The van der Waals surface area contributed by atoms with Gasteiger partial charge in [0.15, 0.2) is 9.84 Å². The SMILES string of the molecule is Cc1c(C(=O)Nc2ccc(S(C)(=O)=O)cc2)cn(C)c1Br. The van der Waals surface area contributed by atoms with E-state index in [4.69, 9.17) is 0 Å². The van der Waals surface area contributed by atoms with Crippen LogP contribution in [-0.4, -0.2) is 25.1 Å². The Labute approximate surface area is 132 Å². The van der Waals surface area contributed by atoms with Gasteiger partial charge in [0.1, 0.15) is 0 Å². The van der Waals surface area contributed by atoms with Crippen LogP contribution in [0.2, 0.25) is 0 Å². The van der Waals surface area contributed by atoms with Crippen LogP contribution in [0.25, 0.3) is 0 Å². The summed E-state index contributed by atoms with van der Waals surface area (Å²) in [6.45, 7) is 1.85. The summed E-state index contributed by atoms with van der Waals surface area (Å²) < 4.78 is 25.4. The summed E-state index contributed by atoms with van der Waals surface area (Å²) in [7, 11) is -1.39. The van der Waals surface area contributed by atoms with Crippen molar-refractivity contribution in [3.8, 4) is 0 Å². The predicted molar refractivity (Wildman–Crippen MR) is 85.4 cm³/mol. The number of halogens is 1. The zero-order valence-corrected chi connectivity index (χ0v) is 14.2. The van der Waals surface area contributed by atoms with E-state index in [2.05, 4.69) is 21.2 Å². The van der Waals surface area contributed by atoms with E-state index < -0.39 is 9.84 Å². The molecular formula is C14H15BrN2O3S. The summed E-state index contributed by atoms with van der Waals surface area (Å²) in [5, 5.41) is 2.75. The lowest BCUT2D eigenvalue weighted by Gasteiger charge is -2.05. The van der Waals surface area contributed by atoms with Gasteiger partial charge in [-0.15, -0.1) is 0 Å². The van der Waals surface area contributed by atoms with Crippen LogP contribution in [0.3, 0.4) is 0 Å². The monoisotopic (exact) mass is 370 g/mol. The third-order valence-corrected chi connectivity index (χ3v) is 5.41. The van der Waals surface area contributed by atoms with Gasteiger partial charge in [-0.25, -0.2) is 8.42 Å². The highest BCUT2D eigenvalue weighted by Gasteiger charge is 2.15. The molecule has 0 unspecified atom stereocenters. The average Bonchev–Trinajstić information content (AvgIpc) is 2.66. The van der Waals surface area contributed by atoms with Gasteiger partial charge >= 0.3 is 0 Å². The smallest absolute Gasteiger partial charge is 0.257 e. The molecule has 0 aliphatic heterocycles. The van der Waals surface area contributed by atoms with Gasteiger partial charge in [0.25, 0.3) is 5.91 Å². The highest BCUT2D eigenvalue weighted by Crippen LogP contribution is 2.22. The molecule has 1 amide bonds. The second kappa shape index (κ2) is 5.65. The molecule has 7 heteroatoms. The zero-order valence-electron chi connectivity index (χ0n) is 11.8. The number of nitrogens with zero attached hydrogens (tertiary/aromatic N) is 1. The van der Waals surface area contributed by atoms with Crippen molar-refractivity contribution in [2.24, 2.45) is 7.05 Å². The number of benzene rings is 1. The van der Waals surface area contributed by atoms with Crippen LogP contribution in [0.4, 0.5) is 5.69 Å². The van der Waals surface area contributed by atoms with Crippen molar-refractivity contribution in [1.29, 1.82) is 0 Å². The van der Waals surface area contributed by atoms with Crippen LogP contribution < -0.4 is 5.32 Å². The fourth-order valence-electron chi connectivity index (χ4n) is 1.94. The molecule has 0 radical (unpaired) electrons. The maximum absolute atomic E-state index is 12.2. The molecule has 0 fully saturated rings. The molecule has 21 heavy (non-hydrogen) atoms. The number of carbonyl (C=O) groups excluding carboxylic acids is 1. The quantitative estimate of drug-likeness (QED) is 0.902. The van der Waals surface area contributed by atoms with Gasteiger partial charge in [-0.2, -0.15) is 0 Å². The van der Waals surface area contributed by atoms with E-state index in [1.807, 2.05) is 18.5 Å². The number of aromatic nitrogens is 1. The van der Waals surface area contributed by atoms with E-state index >= 15 is 0 Å². The molecule has 1 aromatic heterocycles. The second-order valence-corrected chi connectivity index (χ2v) is 7.59. The number of amides is 1. The molecule has 112 valence electrons. The number of sulfone groups is 1. The topological polar surface area (TPSA) is 68.2 Å². The van der Waals surface area contributed by atoms with Crippen molar-refractivity contribution in [2.75, 3.05) is 11.6 Å². The van der Waals surface area contributed by atoms with Crippen LogP contribution in [0.1, 0.15) is 15.9 Å². The Morgan fingerprint density at radius 1 is 1.24 bits per heavy atom. The molecule has 1 N–H and O–H groups in total. The van der Waals surface area contributed by atoms with Crippen molar-refractivity contribution in [3.63, 3.8) is 0 Å². The largest absolute Gasteiger partial charge is 0.344 e. The van der Waals surface area contributed by atoms with Gasteiger partial charge in [-0.3, -0.25) is 4.79 Å². The molecule has 0 spiro atoms.